The molecule has 1 aliphatic heterocycles. The van der Waals surface area contributed by atoms with E-state index in [0.29, 0.717) is 36.5 Å². The minimum absolute atomic E-state index is 0.233. The van der Waals surface area contributed by atoms with Crippen molar-refractivity contribution in [2.75, 3.05) is 13.7 Å². The first-order chi connectivity index (χ1) is 13.0. The minimum Gasteiger partial charge on any atom is -0.496 e. The van der Waals surface area contributed by atoms with E-state index in [0.717, 1.165) is 10.8 Å². The van der Waals surface area contributed by atoms with Gasteiger partial charge in [0.1, 0.15) is 11.5 Å². The topological polar surface area (TPSA) is 90.6 Å². The number of primary amides is 1. The molecule has 0 bridgehead atoms. The number of hydrogen-bond acceptors (Lipinski definition) is 4. The molecule has 2 aromatic carbocycles. The zero-order valence-corrected chi connectivity index (χ0v) is 15.3. The number of nitrogens with one attached hydrogen (secondary N) is 1. The van der Waals surface area contributed by atoms with E-state index in [4.69, 9.17) is 15.2 Å². The molecule has 0 saturated carbocycles. The lowest BCUT2D eigenvalue weighted by atomic mass is 9.94. The highest BCUT2D eigenvalue weighted by Gasteiger charge is 2.41. The molecule has 0 radical (unpaired) electrons. The van der Waals surface area contributed by atoms with Gasteiger partial charge in [0.15, 0.2) is 6.17 Å². The number of methoxy groups -OCH3 is 1. The highest BCUT2D eigenvalue weighted by molar-refractivity contribution is 6.02. The van der Waals surface area contributed by atoms with E-state index >= 15 is 0 Å². The number of carbonyl (C=O) groups excluding carboxylic acids is 2. The van der Waals surface area contributed by atoms with Crippen molar-refractivity contribution in [1.82, 2.24) is 5.32 Å². The molecule has 0 spiro atoms. The van der Waals surface area contributed by atoms with Crippen LogP contribution >= 0.6 is 0 Å². The molecule has 1 heterocycles. The number of ether oxygens (including phenoxy) is 2. The average Bonchev–Trinajstić information content (AvgIpc) is 2.93. The number of rotatable bonds is 7. The lowest BCUT2D eigenvalue weighted by molar-refractivity contribution is -0.123. The molecule has 1 fully saturated rings. The van der Waals surface area contributed by atoms with Crippen molar-refractivity contribution in [3.8, 4) is 11.5 Å². The van der Waals surface area contributed by atoms with Gasteiger partial charge >= 0.3 is 0 Å². The fourth-order valence-electron chi connectivity index (χ4n) is 3.61. The Labute approximate surface area is 156 Å². The summed E-state index contributed by atoms with van der Waals surface area (Å²) in [4.78, 5) is 23.1. The van der Waals surface area contributed by atoms with E-state index in [1.807, 2.05) is 25.1 Å². The second kappa shape index (κ2) is 7.82. The Hall–Kier alpha value is -2.83. The molecule has 2 aromatic rings. The van der Waals surface area contributed by atoms with E-state index in [1.54, 1.807) is 12.1 Å². The SMILES string of the molecule is CC[C@@H]1[C@H](F)C(=O)N[C@@H]1CCOc1cccc2cc(C(N)=O)c(OC)cc12. The van der Waals surface area contributed by atoms with Gasteiger partial charge in [-0.3, -0.25) is 9.59 Å². The molecule has 144 valence electrons. The Morgan fingerprint density at radius 2 is 2.07 bits per heavy atom. The summed E-state index contributed by atoms with van der Waals surface area (Å²) in [6.07, 6.45) is -0.349. The maximum absolute atomic E-state index is 13.9. The van der Waals surface area contributed by atoms with Crippen LogP contribution in [0.4, 0.5) is 4.39 Å². The Morgan fingerprint density at radius 1 is 1.30 bits per heavy atom. The number of carbonyl (C=O) groups is 2. The molecule has 0 aliphatic carbocycles. The van der Waals surface area contributed by atoms with Crippen LogP contribution in [0.1, 0.15) is 30.1 Å². The van der Waals surface area contributed by atoms with Gasteiger partial charge < -0.3 is 20.5 Å². The van der Waals surface area contributed by atoms with Crippen molar-refractivity contribution >= 4 is 22.6 Å². The Balaban J connectivity index is 1.77. The molecule has 3 atom stereocenters. The number of benzene rings is 2. The molecule has 27 heavy (non-hydrogen) atoms. The van der Waals surface area contributed by atoms with Crippen LogP contribution in [-0.4, -0.2) is 37.7 Å². The third-order valence-electron chi connectivity index (χ3n) is 5.05. The van der Waals surface area contributed by atoms with Crippen molar-refractivity contribution in [3.63, 3.8) is 0 Å². The van der Waals surface area contributed by atoms with E-state index in [-0.39, 0.29) is 12.0 Å². The van der Waals surface area contributed by atoms with Gasteiger partial charge in [-0.1, -0.05) is 19.1 Å². The molecule has 0 aromatic heterocycles. The average molecular weight is 374 g/mol. The largest absolute Gasteiger partial charge is 0.496 e. The first-order valence-electron chi connectivity index (χ1n) is 8.94. The summed E-state index contributed by atoms with van der Waals surface area (Å²) in [5.74, 6) is -0.438. The smallest absolute Gasteiger partial charge is 0.255 e. The van der Waals surface area contributed by atoms with Crippen LogP contribution in [0.3, 0.4) is 0 Å². The minimum atomic E-state index is -1.45. The summed E-state index contributed by atoms with van der Waals surface area (Å²) >= 11 is 0. The van der Waals surface area contributed by atoms with Crippen LogP contribution in [0.15, 0.2) is 30.3 Å². The van der Waals surface area contributed by atoms with Crippen LogP contribution in [-0.2, 0) is 4.79 Å². The molecule has 3 rings (SSSR count). The summed E-state index contributed by atoms with van der Waals surface area (Å²) < 4.78 is 25.0. The molecule has 2 amide bonds. The van der Waals surface area contributed by atoms with Crippen LogP contribution in [0, 0.1) is 5.92 Å². The van der Waals surface area contributed by atoms with E-state index < -0.39 is 18.0 Å². The maximum atomic E-state index is 13.9. The molecular weight excluding hydrogens is 351 g/mol. The fraction of sp³-hybridized carbons (Fsp3) is 0.400. The summed E-state index contributed by atoms with van der Waals surface area (Å²) in [5, 5.41) is 4.28. The van der Waals surface area contributed by atoms with Crippen LogP contribution in [0.25, 0.3) is 10.8 Å². The predicted molar refractivity (Wildman–Crippen MR) is 99.7 cm³/mol. The third-order valence-corrected chi connectivity index (χ3v) is 5.05. The molecule has 7 heteroatoms. The number of alkyl halides is 1. The number of amides is 2. The standard InChI is InChI=1S/C20H23FN2O4/c1-3-12-15(23-20(25)18(12)21)7-8-27-16-6-4-5-11-9-14(19(22)24)17(26-2)10-13(11)16/h4-6,9-10,12,15,18H,3,7-8H2,1-2H3,(H2,22,24)(H,23,25)/t12-,15+,18-/m0/s1. The van der Waals surface area contributed by atoms with Crippen molar-refractivity contribution in [2.24, 2.45) is 11.7 Å². The lowest BCUT2D eigenvalue weighted by Gasteiger charge is -2.18. The Bertz CT molecular complexity index is 870. The van der Waals surface area contributed by atoms with Gasteiger partial charge in [-0.15, -0.1) is 0 Å². The van der Waals surface area contributed by atoms with Gasteiger partial charge in [-0.05, 0) is 30.0 Å². The van der Waals surface area contributed by atoms with Crippen molar-refractivity contribution in [1.29, 1.82) is 0 Å². The van der Waals surface area contributed by atoms with E-state index in [9.17, 15) is 14.0 Å². The maximum Gasteiger partial charge on any atom is 0.255 e. The van der Waals surface area contributed by atoms with Crippen LogP contribution in [0.5, 0.6) is 11.5 Å². The van der Waals surface area contributed by atoms with Crippen LogP contribution in [0.2, 0.25) is 0 Å². The predicted octanol–water partition coefficient (Wildman–Crippen LogP) is 2.58. The molecule has 3 N–H and O–H groups in total. The highest BCUT2D eigenvalue weighted by Crippen LogP contribution is 2.32. The number of nitrogens with two attached hydrogens (primary N) is 1. The van der Waals surface area contributed by atoms with Crippen molar-refractivity contribution in [2.45, 2.75) is 32.0 Å². The van der Waals surface area contributed by atoms with Crippen molar-refractivity contribution in [3.05, 3.63) is 35.9 Å². The van der Waals surface area contributed by atoms with Crippen molar-refractivity contribution < 1.29 is 23.5 Å². The first-order valence-corrected chi connectivity index (χ1v) is 8.94. The zero-order chi connectivity index (χ0) is 19.6. The summed E-state index contributed by atoms with van der Waals surface area (Å²) in [6.45, 7) is 2.20. The lowest BCUT2D eigenvalue weighted by Crippen LogP contribution is -2.30. The third kappa shape index (κ3) is 3.67. The second-order valence-corrected chi connectivity index (χ2v) is 6.62. The van der Waals surface area contributed by atoms with Gasteiger partial charge in [0.05, 0.1) is 19.3 Å². The highest BCUT2D eigenvalue weighted by atomic mass is 19.1. The van der Waals surface area contributed by atoms with Crippen LogP contribution < -0.4 is 20.5 Å². The van der Waals surface area contributed by atoms with Gasteiger partial charge in [0.25, 0.3) is 11.8 Å². The van der Waals surface area contributed by atoms with Gasteiger partial charge in [0.2, 0.25) is 0 Å². The van der Waals surface area contributed by atoms with E-state index in [1.165, 1.54) is 7.11 Å². The normalized spacial score (nSPS) is 21.9. The molecule has 0 unspecified atom stereocenters. The Kier molecular flexibility index (Phi) is 5.48. The summed E-state index contributed by atoms with van der Waals surface area (Å²) in [5.41, 5.74) is 5.70. The van der Waals surface area contributed by atoms with Gasteiger partial charge in [-0.25, -0.2) is 4.39 Å². The quantitative estimate of drug-likeness (QED) is 0.779. The Morgan fingerprint density at radius 3 is 2.74 bits per heavy atom. The zero-order valence-electron chi connectivity index (χ0n) is 15.3. The monoisotopic (exact) mass is 374 g/mol. The molecule has 6 nitrogen and oxygen atoms in total. The number of halogens is 1. The molecular formula is C20H23FN2O4. The molecule has 1 aliphatic rings. The fourth-order valence-corrected chi connectivity index (χ4v) is 3.61. The first kappa shape index (κ1) is 18.9. The number of hydrogen-bond donors (Lipinski definition) is 2. The van der Waals surface area contributed by atoms with Gasteiger partial charge in [-0.2, -0.15) is 0 Å². The second-order valence-electron chi connectivity index (χ2n) is 6.62. The van der Waals surface area contributed by atoms with Gasteiger partial charge in [0, 0.05) is 23.8 Å². The van der Waals surface area contributed by atoms with E-state index in [2.05, 4.69) is 5.32 Å². The molecule has 1 saturated heterocycles. The number of fused-ring (bicyclic) bond motifs is 1. The summed E-state index contributed by atoms with van der Waals surface area (Å²) in [7, 11) is 1.47. The summed E-state index contributed by atoms with van der Waals surface area (Å²) in [6, 6.07) is 8.64.